The molecule has 0 spiro atoms. The number of likely N-dealkylation sites (N-methyl/N-ethyl adjacent to an activating group) is 1. The fraction of sp³-hybridized carbons (Fsp3) is 0.917. The van der Waals surface area contributed by atoms with Crippen LogP contribution in [0.3, 0.4) is 0 Å². The van der Waals surface area contributed by atoms with E-state index in [2.05, 4.69) is 6.92 Å². The first kappa shape index (κ1) is 15.4. The number of methoxy groups -OCH3 is 1. The molecule has 0 amide bonds. The molecule has 0 aliphatic rings. The van der Waals surface area contributed by atoms with E-state index in [0.717, 1.165) is 19.3 Å². The molecule has 16 heavy (non-hydrogen) atoms. The van der Waals surface area contributed by atoms with Gasteiger partial charge in [-0.15, -0.1) is 0 Å². The lowest BCUT2D eigenvalue weighted by molar-refractivity contribution is -0.147. The van der Waals surface area contributed by atoms with Gasteiger partial charge in [-0.25, -0.2) is 0 Å². The Morgan fingerprint density at radius 2 is 2.06 bits per heavy atom. The van der Waals surface area contributed by atoms with Gasteiger partial charge in [0.15, 0.2) is 0 Å². The summed E-state index contributed by atoms with van der Waals surface area (Å²) in [5.41, 5.74) is -0.798. The molecule has 0 aromatic heterocycles. The van der Waals surface area contributed by atoms with Gasteiger partial charge in [-0.1, -0.05) is 19.8 Å². The lowest BCUT2D eigenvalue weighted by Gasteiger charge is -2.30. The van der Waals surface area contributed by atoms with Crippen molar-refractivity contribution in [2.75, 3.05) is 20.7 Å². The van der Waals surface area contributed by atoms with E-state index in [4.69, 9.17) is 4.74 Å². The van der Waals surface area contributed by atoms with Gasteiger partial charge in [0.1, 0.15) is 6.04 Å². The molecule has 0 aliphatic carbocycles. The first-order chi connectivity index (χ1) is 7.31. The van der Waals surface area contributed by atoms with Crippen molar-refractivity contribution in [3.8, 4) is 0 Å². The molecule has 1 unspecified atom stereocenters. The first-order valence-corrected chi connectivity index (χ1v) is 5.82. The molecule has 0 heterocycles. The minimum absolute atomic E-state index is 0.222. The number of nitrogens with zero attached hydrogens (tertiary/aromatic N) is 1. The summed E-state index contributed by atoms with van der Waals surface area (Å²) in [6.45, 7) is 6.01. The second-order valence-corrected chi connectivity index (χ2v) is 4.91. The van der Waals surface area contributed by atoms with Crippen LogP contribution in [0, 0.1) is 0 Å². The zero-order valence-corrected chi connectivity index (χ0v) is 11.1. The Labute approximate surface area is 98.6 Å². The minimum atomic E-state index is -0.798. The minimum Gasteiger partial charge on any atom is -0.468 e. The van der Waals surface area contributed by atoms with E-state index >= 15 is 0 Å². The summed E-state index contributed by atoms with van der Waals surface area (Å²) in [4.78, 5) is 13.5. The second-order valence-electron chi connectivity index (χ2n) is 4.91. The highest BCUT2D eigenvalue weighted by atomic mass is 16.5. The van der Waals surface area contributed by atoms with Gasteiger partial charge in [0.2, 0.25) is 0 Å². The van der Waals surface area contributed by atoms with Crippen molar-refractivity contribution in [2.45, 2.75) is 51.7 Å². The zero-order chi connectivity index (χ0) is 12.8. The van der Waals surface area contributed by atoms with Crippen LogP contribution < -0.4 is 0 Å². The molecule has 1 atom stereocenters. The van der Waals surface area contributed by atoms with Gasteiger partial charge < -0.3 is 9.84 Å². The van der Waals surface area contributed by atoms with Gasteiger partial charge in [-0.05, 0) is 27.3 Å². The number of esters is 1. The Hall–Kier alpha value is -0.610. The van der Waals surface area contributed by atoms with Gasteiger partial charge in [0, 0.05) is 6.54 Å². The SMILES string of the molecule is CCCCC(C(=O)OC)N(C)CC(C)(C)O. The zero-order valence-electron chi connectivity index (χ0n) is 11.1. The van der Waals surface area contributed by atoms with Gasteiger partial charge in [-0.2, -0.15) is 0 Å². The van der Waals surface area contributed by atoms with Gasteiger partial charge in [0.25, 0.3) is 0 Å². The van der Waals surface area contributed by atoms with Crippen molar-refractivity contribution in [1.29, 1.82) is 0 Å². The quantitative estimate of drug-likeness (QED) is 0.673. The third-order valence-corrected chi connectivity index (χ3v) is 2.47. The van der Waals surface area contributed by atoms with Crippen LogP contribution in [0.15, 0.2) is 0 Å². The Kier molecular flexibility index (Phi) is 6.60. The normalized spacial score (nSPS) is 13.9. The Bertz CT molecular complexity index is 211. The summed E-state index contributed by atoms with van der Waals surface area (Å²) in [6.07, 6.45) is 2.80. The van der Waals surface area contributed by atoms with Crippen molar-refractivity contribution in [3.05, 3.63) is 0 Å². The fourth-order valence-electron chi connectivity index (χ4n) is 1.77. The van der Waals surface area contributed by atoms with Crippen LogP contribution in [0.5, 0.6) is 0 Å². The number of rotatable bonds is 7. The maximum atomic E-state index is 11.6. The predicted octanol–water partition coefficient (Wildman–Crippen LogP) is 1.42. The molecule has 1 N–H and O–H groups in total. The number of aliphatic hydroxyl groups is 1. The van der Waals surface area contributed by atoms with E-state index in [1.807, 2.05) is 11.9 Å². The number of carbonyl (C=O) groups is 1. The number of ether oxygens (including phenoxy) is 1. The summed E-state index contributed by atoms with van der Waals surface area (Å²) in [5, 5.41) is 9.72. The van der Waals surface area contributed by atoms with E-state index in [1.54, 1.807) is 13.8 Å². The van der Waals surface area contributed by atoms with Crippen LogP contribution in [0.4, 0.5) is 0 Å². The highest BCUT2D eigenvalue weighted by Crippen LogP contribution is 2.12. The monoisotopic (exact) mass is 231 g/mol. The molecule has 0 radical (unpaired) electrons. The van der Waals surface area contributed by atoms with Crippen molar-refractivity contribution in [3.63, 3.8) is 0 Å². The van der Waals surface area contributed by atoms with Crippen LogP contribution in [0.2, 0.25) is 0 Å². The van der Waals surface area contributed by atoms with Crippen LogP contribution >= 0.6 is 0 Å². The third-order valence-electron chi connectivity index (χ3n) is 2.47. The molecule has 0 aromatic rings. The highest BCUT2D eigenvalue weighted by Gasteiger charge is 2.27. The van der Waals surface area contributed by atoms with Crippen LogP contribution in [0.25, 0.3) is 0 Å². The molecular weight excluding hydrogens is 206 g/mol. The van der Waals surface area contributed by atoms with Crippen LogP contribution in [-0.2, 0) is 9.53 Å². The number of carbonyl (C=O) groups excluding carboxylic acids is 1. The molecule has 0 bridgehead atoms. The summed E-state index contributed by atoms with van der Waals surface area (Å²) < 4.78 is 4.78. The summed E-state index contributed by atoms with van der Waals surface area (Å²) >= 11 is 0. The largest absolute Gasteiger partial charge is 0.468 e. The number of hydrogen-bond donors (Lipinski definition) is 1. The van der Waals surface area contributed by atoms with Crippen molar-refractivity contribution >= 4 is 5.97 Å². The van der Waals surface area contributed by atoms with Crippen molar-refractivity contribution < 1.29 is 14.6 Å². The maximum Gasteiger partial charge on any atom is 0.323 e. The Morgan fingerprint density at radius 1 is 1.50 bits per heavy atom. The van der Waals surface area contributed by atoms with Gasteiger partial charge in [-0.3, -0.25) is 9.69 Å². The maximum absolute atomic E-state index is 11.6. The number of unbranched alkanes of at least 4 members (excludes halogenated alkanes) is 1. The number of hydrogen-bond acceptors (Lipinski definition) is 4. The molecular formula is C12H25NO3. The van der Waals surface area contributed by atoms with Crippen LogP contribution in [-0.4, -0.2) is 48.3 Å². The van der Waals surface area contributed by atoms with Crippen LogP contribution in [0.1, 0.15) is 40.0 Å². The van der Waals surface area contributed by atoms with E-state index in [0.29, 0.717) is 6.54 Å². The summed E-state index contributed by atoms with van der Waals surface area (Å²) in [5.74, 6) is -0.222. The molecule has 0 saturated carbocycles. The summed E-state index contributed by atoms with van der Waals surface area (Å²) in [7, 11) is 3.24. The average Bonchev–Trinajstić information content (AvgIpc) is 2.15. The molecule has 96 valence electrons. The molecule has 0 aromatic carbocycles. The molecule has 4 nitrogen and oxygen atoms in total. The average molecular weight is 231 g/mol. The lowest BCUT2D eigenvalue weighted by Crippen LogP contribution is -2.46. The molecule has 0 rings (SSSR count). The highest BCUT2D eigenvalue weighted by molar-refractivity contribution is 5.75. The topological polar surface area (TPSA) is 49.8 Å². The van der Waals surface area contributed by atoms with E-state index in [-0.39, 0.29) is 12.0 Å². The van der Waals surface area contributed by atoms with Gasteiger partial charge in [0.05, 0.1) is 12.7 Å². The first-order valence-electron chi connectivity index (χ1n) is 5.82. The third kappa shape index (κ3) is 6.08. The molecule has 0 aliphatic heterocycles. The van der Waals surface area contributed by atoms with E-state index in [1.165, 1.54) is 7.11 Å². The van der Waals surface area contributed by atoms with Crippen molar-refractivity contribution in [1.82, 2.24) is 4.90 Å². The predicted molar refractivity (Wildman–Crippen MR) is 64.3 cm³/mol. The van der Waals surface area contributed by atoms with E-state index < -0.39 is 5.60 Å². The standard InChI is InChI=1S/C12H25NO3/c1-6-7-8-10(11(14)16-5)13(4)9-12(2,3)15/h10,15H,6-9H2,1-5H3. The molecule has 4 heteroatoms. The Morgan fingerprint density at radius 3 is 2.44 bits per heavy atom. The van der Waals surface area contributed by atoms with E-state index in [9.17, 15) is 9.90 Å². The van der Waals surface area contributed by atoms with Crippen molar-refractivity contribution in [2.24, 2.45) is 0 Å². The van der Waals surface area contributed by atoms with Gasteiger partial charge >= 0.3 is 5.97 Å². The summed E-state index contributed by atoms with van der Waals surface area (Å²) in [6, 6.07) is -0.253. The lowest BCUT2D eigenvalue weighted by atomic mass is 10.1. The molecule has 0 fully saturated rings. The molecule has 0 saturated heterocycles. The Balaban J connectivity index is 4.43. The fourth-order valence-corrected chi connectivity index (χ4v) is 1.77. The second kappa shape index (κ2) is 6.86. The smallest absolute Gasteiger partial charge is 0.323 e.